The predicted molar refractivity (Wildman–Crippen MR) is 49.6 cm³/mol. The summed E-state index contributed by atoms with van der Waals surface area (Å²) in [7, 11) is 0. The van der Waals surface area contributed by atoms with Crippen LogP contribution in [0.2, 0.25) is 0 Å². The smallest absolute Gasteiger partial charge is 0.181 e. The molecule has 2 aromatic rings. The quantitative estimate of drug-likeness (QED) is 0.675. The van der Waals surface area contributed by atoms with Crippen LogP contribution >= 0.6 is 11.6 Å². The van der Waals surface area contributed by atoms with Gasteiger partial charge in [0.15, 0.2) is 5.65 Å². The van der Waals surface area contributed by atoms with Gasteiger partial charge in [0.05, 0.1) is 6.20 Å². The van der Waals surface area contributed by atoms with E-state index in [0.717, 1.165) is 0 Å². The lowest BCUT2D eigenvalue weighted by molar-refractivity contribution is 0.953. The van der Waals surface area contributed by atoms with Crippen LogP contribution in [0, 0.1) is 0 Å². The molecule has 13 heavy (non-hydrogen) atoms. The third-order valence-electron chi connectivity index (χ3n) is 1.60. The van der Waals surface area contributed by atoms with E-state index >= 15 is 0 Å². The Hall–Kier alpha value is -1.29. The second-order valence-electron chi connectivity index (χ2n) is 2.49. The maximum Gasteiger partial charge on any atom is 0.181 e. The van der Waals surface area contributed by atoms with Crippen LogP contribution in [0.3, 0.4) is 0 Å². The molecule has 2 rings (SSSR count). The summed E-state index contributed by atoms with van der Waals surface area (Å²) in [6.07, 6.45) is 5.55. The first-order chi connectivity index (χ1) is 6.40. The van der Waals surface area contributed by atoms with Gasteiger partial charge in [-0.05, 0) is 0 Å². The van der Waals surface area contributed by atoms with Crippen molar-refractivity contribution < 1.29 is 0 Å². The Morgan fingerprint density at radius 2 is 2.00 bits per heavy atom. The number of hydrogen-bond acceptors (Lipinski definition) is 4. The highest BCUT2D eigenvalue weighted by atomic mass is 35.5. The van der Waals surface area contributed by atoms with E-state index in [0.29, 0.717) is 29.3 Å². The Kier molecular flexibility index (Phi) is 2.31. The third kappa shape index (κ3) is 1.72. The number of alkyl halides is 1. The van der Waals surface area contributed by atoms with Crippen LogP contribution in [-0.2, 0) is 6.42 Å². The number of halogens is 1. The lowest BCUT2D eigenvalue weighted by Crippen LogP contribution is -1.97. The second-order valence-corrected chi connectivity index (χ2v) is 2.87. The van der Waals surface area contributed by atoms with Crippen molar-refractivity contribution in [3.8, 4) is 0 Å². The molecule has 0 amide bonds. The van der Waals surface area contributed by atoms with E-state index in [1.165, 1.54) is 0 Å². The molecule has 0 radical (unpaired) electrons. The van der Waals surface area contributed by atoms with E-state index < -0.39 is 0 Å². The van der Waals surface area contributed by atoms with Crippen LogP contribution in [0.4, 0.5) is 0 Å². The molecule has 0 bridgehead atoms. The van der Waals surface area contributed by atoms with E-state index in [1.807, 2.05) is 0 Å². The van der Waals surface area contributed by atoms with E-state index in [1.54, 1.807) is 18.6 Å². The molecule has 4 nitrogen and oxygen atoms in total. The molecule has 0 unspecified atom stereocenters. The van der Waals surface area contributed by atoms with Crippen molar-refractivity contribution in [3.63, 3.8) is 0 Å². The van der Waals surface area contributed by atoms with E-state index in [-0.39, 0.29) is 0 Å². The Bertz CT molecular complexity index is 418. The zero-order valence-electron chi connectivity index (χ0n) is 6.81. The molecule has 0 aliphatic rings. The van der Waals surface area contributed by atoms with Gasteiger partial charge in [-0.25, -0.2) is 19.9 Å². The van der Waals surface area contributed by atoms with Crippen LogP contribution in [0.5, 0.6) is 0 Å². The first-order valence-corrected chi connectivity index (χ1v) is 4.42. The van der Waals surface area contributed by atoms with Crippen molar-refractivity contribution >= 4 is 22.8 Å². The van der Waals surface area contributed by atoms with Crippen molar-refractivity contribution in [2.45, 2.75) is 6.42 Å². The first kappa shape index (κ1) is 8.31. The van der Waals surface area contributed by atoms with Crippen LogP contribution in [-0.4, -0.2) is 25.8 Å². The van der Waals surface area contributed by atoms with E-state index in [9.17, 15) is 0 Å². The summed E-state index contributed by atoms with van der Waals surface area (Å²) in [5, 5.41) is 0. The second kappa shape index (κ2) is 3.62. The SMILES string of the molecule is ClCCc1ncc2nccnc2n1. The van der Waals surface area contributed by atoms with Crippen molar-refractivity contribution in [2.24, 2.45) is 0 Å². The maximum absolute atomic E-state index is 5.57. The van der Waals surface area contributed by atoms with Crippen LogP contribution < -0.4 is 0 Å². The predicted octanol–water partition coefficient (Wildman–Crippen LogP) is 1.20. The summed E-state index contributed by atoms with van der Waals surface area (Å²) < 4.78 is 0. The fourth-order valence-corrected chi connectivity index (χ4v) is 1.18. The van der Waals surface area contributed by atoms with Crippen LogP contribution in [0.1, 0.15) is 5.82 Å². The average Bonchev–Trinajstić information content (AvgIpc) is 2.18. The third-order valence-corrected chi connectivity index (χ3v) is 1.78. The molecule has 0 saturated carbocycles. The fraction of sp³-hybridized carbons (Fsp3) is 0.250. The zero-order chi connectivity index (χ0) is 9.10. The van der Waals surface area contributed by atoms with Gasteiger partial charge in [-0.15, -0.1) is 11.6 Å². The number of nitrogens with zero attached hydrogens (tertiary/aromatic N) is 4. The molecule has 0 atom stereocenters. The Morgan fingerprint density at radius 3 is 2.85 bits per heavy atom. The highest BCUT2D eigenvalue weighted by molar-refractivity contribution is 6.17. The number of fused-ring (bicyclic) bond motifs is 1. The number of hydrogen-bond donors (Lipinski definition) is 0. The van der Waals surface area contributed by atoms with Gasteiger partial charge in [-0.2, -0.15) is 0 Å². The highest BCUT2D eigenvalue weighted by Gasteiger charge is 1.99. The minimum absolute atomic E-state index is 0.520. The Morgan fingerprint density at radius 1 is 1.15 bits per heavy atom. The van der Waals surface area contributed by atoms with E-state index in [2.05, 4.69) is 19.9 Å². The first-order valence-electron chi connectivity index (χ1n) is 3.89. The van der Waals surface area contributed by atoms with Gasteiger partial charge >= 0.3 is 0 Å². The number of rotatable bonds is 2. The van der Waals surface area contributed by atoms with Crippen LogP contribution in [0.15, 0.2) is 18.6 Å². The monoisotopic (exact) mass is 194 g/mol. The van der Waals surface area contributed by atoms with Gasteiger partial charge in [0.1, 0.15) is 11.3 Å². The molecule has 0 aromatic carbocycles. The molecular weight excluding hydrogens is 188 g/mol. The highest BCUT2D eigenvalue weighted by Crippen LogP contribution is 2.03. The minimum atomic E-state index is 0.520. The summed E-state index contributed by atoms with van der Waals surface area (Å²) >= 11 is 5.57. The topological polar surface area (TPSA) is 51.6 Å². The number of aromatic nitrogens is 4. The molecule has 0 N–H and O–H groups in total. The lowest BCUT2D eigenvalue weighted by Gasteiger charge is -1.97. The lowest BCUT2D eigenvalue weighted by atomic mass is 10.4. The summed E-state index contributed by atoms with van der Waals surface area (Å²) in [6.45, 7) is 0. The minimum Gasteiger partial charge on any atom is -0.250 e. The Labute approximate surface area is 80.0 Å². The molecular formula is C8H7ClN4. The summed E-state index contributed by atoms with van der Waals surface area (Å²) in [6, 6.07) is 0. The molecule has 0 fully saturated rings. The summed E-state index contributed by atoms with van der Waals surface area (Å²) in [5.74, 6) is 1.23. The van der Waals surface area contributed by atoms with Gasteiger partial charge in [0.25, 0.3) is 0 Å². The van der Waals surface area contributed by atoms with Crippen LogP contribution in [0.25, 0.3) is 11.2 Å². The average molecular weight is 195 g/mol. The van der Waals surface area contributed by atoms with Gasteiger partial charge in [-0.1, -0.05) is 0 Å². The molecule has 5 heteroatoms. The standard InChI is InChI=1S/C8H7ClN4/c9-2-1-7-12-5-6-8(13-7)11-4-3-10-6/h3-5H,1-2H2. The zero-order valence-corrected chi connectivity index (χ0v) is 7.57. The largest absolute Gasteiger partial charge is 0.250 e. The molecule has 2 aromatic heterocycles. The van der Waals surface area contributed by atoms with E-state index in [4.69, 9.17) is 11.6 Å². The number of aryl methyl sites for hydroxylation is 1. The molecule has 0 aliphatic heterocycles. The molecule has 0 saturated heterocycles. The summed E-state index contributed by atoms with van der Waals surface area (Å²) in [5.41, 5.74) is 1.33. The molecule has 66 valence electrons. The van der Waals surface area contributed by atoms with Gasteiger partial charge < -0.3 is 0 Å². The van der Waals surface area contributed by atoms with Gasteiger partial charge in [0.2, 0.25) is 0 Å². The molecule has 0 aliphatic carbocycles. The van der Waals surface area contributed by atoms with Gasteiger partial charge in [-0.3, -0.25) is 0 Å². The van der Waals surface area contributed by atoms with Crippen molar-refractivity contribution in [1.82, 2.24) is 19.9 Å². The summed E-state index contributed by atoms with van der Waals surface area (Å²) in [4.78, 5) is 16.4. The van der Waals surface area contributed by atoms with Crippen molar-refractivity contribution in [2.75, 3.05) is 5.88 Å². The maximum atomic E-state index is 5.57. The van der Waals surface area contributed by atoms with Crippen molar-refractivity contribution in [1.29, 1.82) is 0 Å². The fourth-order valence-electron chi connectivity index (χ4n) is 1.01. The Balaban J connectivity index is 2.49. The van der Waals surface area contributed by atoms with Gasteiger partial charge in [0, 0.05) is 24.7 Å². The molecule has 2 heterocycles. The normalized spacial score (nSPS) is 10.5. The molecule has 0 spiro atoms. The van der Waals surface area contributed by atoms with Crippen molar-refractivity contribution in [3.05, 3.63) is 24.4 Å².